The number of phenolic OH excluding ortho intramolecular Hbond substituents is 1. The summed E-state index contributed by atoms with van der Waals surface area (Å²) in [7, 11) is 0. The lowest BCUT2D eigenvalue weighted by Crippen LogP contribution is -2.54. The molecular weight excluding hydrogens is 482 g/mol. The minimum absolute atomic E-state index is 0.0510. The molecule has 0 heterocycles. The number of carbonyl (C=O) groups is 3. The number of rotatable bonds is 11. The molecule has 0 aliphatic carbocycles. The second-order valence-corrected chi connectivity index (χ2v) is 10.3. The third-order valence-corrected chi connectivity index (χ3v) is 5.43. The number of alkyl carbamates (subject to hydrolysis) is 1. The summed E-state index contributed by atoms with van der Waals surface area (Å²) in [5.41, 5.74) is 1.31. The van der Waals surface area contributed by atoms with Gasteiger partial charge in [0.1, 0.15) is 23.4 Å². The normalized spacial score (nSPS) is 12.7. The minimum atomic E-state index is -1.06. The predicted molar refractivity (Wildman–Crippen MR) is 149 cm³/mol. The zero-order chi connectivity index (χ0) is 28.5. The molecule has 0 aromatic heterocycles. The Kier molecular flexibility index (Phi) is 10.7. The third-order valence-electron chi connectivity index (χ3n) is 5.43. The van der Waals surface area contributed by atoms with Crippen molar-refractivity contribution in [1.82, 2.24) is 15.5 Å². The third kappa shape index (κ3) is 9.10. The first-order valence-corrected chi connectivity index (χ1v) is 12.6. The highest BCUT2D eigenvalue weighted by Gasteiger charge is 2.36. The van der Waals surface area contributed by atoms with Gasteiger partial charge in [-0.15, -0.1) is 6.58 Å². The smallest absolute Gasteiger partial charge is 0.408 e. The van der Waals surface area contributed by atoms with Crippen LogP contribution in [0, 0.1) is 0 Å². The van der Waals surface area contributed by atoms with Crippen LogP contribution in [0.5, 0.6) is 5.75 Å². The van der Waals surface area contributed by atoms with E-state index in [2.05, 4.69) is 23.8 Å². The molecule has 38 heavy (non-hydrogen) atoms. The van der Waals surface area contributed by atoms with Gasteiger partial charge in [-0.2, -0.15) is 0 Å². The van der Waals surface area contributed by atoms with Gasteiger partial charge in [-0.3, -0.25) is 9.59 Å². The van der Waals surface area contributed by atoms with E-state index in [9.17, 15) is 19.5 Å². The van der Waals surface area contributed by atoms with Gasteiger partial charge in [-0.25, -0.2) is 4.79 Å². The van der Waals surface area contributed by atoms with Crippen LogP contribution in [0.15, 0.2) is 67.8 Å². The van der Waals surface area contributed by atoms with Crippen LogP contribution in [-0.4, -0.2) is 52.1 Å². The largest absolute Gasteiger partial charge is 0.508 e. The molecule has 8 nitrogen and oxygen atoms in total. The summed E-state index contributed by atoms with van der Waals surface area (Å²) >= 11 is 0. The Morgan fingerprint density at radius 3 is 2.26 bits per heavy atom. The minimum Gasteiger partial charge on any atom is -0.508 e. The molecule has 8 heteroatoms. The number of benzene rings is 2. The summed E-state index contributed by atoms with van der Waals surface area (Å²) in [6.45, 7) is 16.5. The van der Waals surface area contributed by atoms with Crippen LogP contribution in [0.4, 0.5) is 4.79 Å². The summed E-state index contributed by atoms with van der Waals surface area (Å²) in [6.07, 6.45) is 2.55. The second-order valence-electron chi connectivity index (χ2n) is 10.3. The zero-order valence-electron chi connectivity index (χ0n) is 22.9. The zero-order valence-corrected chi connectivity index (χ0v) is 22.9. The van der Waals surface area contributed by atoms with Crippen molar-refractivity contribution in [2.24, 2.45) is 0 Å². The van der Waals surface area contributed by atoms with Gasteiger partial charge in [-0.05, 0) is 69.5 Å². The highest BCUT2D eigenvalue weighted by Crippen LogP contribution is 2.25. The molecule has 0 aliphatic rings. The second kappa shape index (κ2) is 13.5. The van der Waals surface area contributed by atoms with Crippen molar-refractivity contribution >= 4 is 24.0 Å². The lowest BCUT2D eigenvalue weighted by atomic mass is 9.98. The maximum absolute atomic E-state index is 14.1. The average Bonchev–Trinajstić information content (AvgIpc) is 2.82. The highest BCUT2D eigenvalue weighted by atomic mass is 16.6. The fourth-order valence-electron chi connectivity index (χ4n) is 3.87. The van der Waals surface area contributed by atoms with Gasteiger partial charge in [0.25, 0.3) is 0 Å². The Bertz CT molecular complexity index is 1140. The Balaban J connectivity index is 2.55. The standard InChI is InChI=1S/C30H39N3O5/c1-8-17-33(26(27(35)31-20(3)4)23-12-10-11-21(9-2)18-23)28(36)25(32-29(37)38-30(5,6)7)19-22-13-15-24(34)16-14-22/h8-16,18,20,25-26,34H,1-2,17,19H2,3-7H3,(H,31,35)(H,32,37). The number of nitrogens with zero attached hydrogens (tertiary/aromatic N) is 1. The van der Waals surface area contributed by atoms with Crippen molar-refractivity contribution in [3.8, 4) is 5.75 Å². The van der Waals surface area contributed by atoms with E-state index in [0.29, 0.717) is 11.1 Å². The number of carbonyl (C=O) groups excluding carboxylic acids is 3. The number of nitrogens with one attached hydrogen (secondary N) is 2. The van der Waals surface area contributed by atoms with Crippen molar-refractivity contribution in [1.29, 1.82) is 0 Å². The Labute approximate surface area is 225 Å². The van der Waals surface area contributed by atoms with Gasteiger partial charge in [0.15, 0.2) is 0 Å². The van der Waals surface area contributed by atoms with Gasteiger partial charge < -0.3 is 25.4 Å². The summed E-state index contributed by atoms with van der Waals surface area (Å²) < 4.78 is 5.42. The van der Waals surface area contributed by atoms with Crippen LogP contribution < -0.4 is 10.6 Å². The number of amides is 3. The summed E-state index contributed by atoms with van der Waals surface area (Å²) in [5, 5.41) is 15.3. The molecule has 3 amide bonds. The number of aromatic hydroxyl groups is 1. The fourth-order valence-corrected chi connectivity index (χ4v) is 3.87. The summed E-state index contributed by atoms with van der Waals surface area (Å²) in [6, 6.07) is 11.3. The van der Waals surface area contributed by atoms with Gasteiger partial charge in [0.05, 0.1) is 0 Å². The molecule has 2 rings (SSSR count). The van der Waals surface area contributed by atoms with E-state index in [4.69, 9.17) is 4.74 Å². The molecule has 2 aromatic carbocycles. The van der Waals surface area contributed by atoms with Crippen LogP contribution >= 0.6 is 0 Å². The van der Waals surface area contributed by atoms with Gasteiger partial charge in [0.2, 0.25) is 11.8 Å². The van der Waals surface area contributed by atoms with E-state index < -0.39 is 29.7 Å². The molecule has 0 saturated heterocycles. The Morgan fingerprint density at radius 2 is 1.71 bits per heavy atom. The highest BCUT2D eigenvalue weighted by molar-refractivity contribution is 5.92. The Morgan fingerprint density at radius 1 is 1.05 bits per heavy atom. The summed E-state index contributed by atoms with van der Waals surface area (Å²) in [4.78, 5) is 41.8. The lowest BCUT2D eigenvalue weighted by molar-refractivity contribution is -0.142. The fraction of sp³-hybridized carbons (Fsp3) is 0.367. The van der Waals surface area contributed by atoms with E-state index in [-0.39, 0.29) is 30.7 Å². The van der Waals surface area contributed by atoms with E-state index in [1.165, 1.54) is 23.1 Å². The summed E-state index contributed by atoms with van der Waals surface area (Å²) in [5.74, 6) is -0.772. The van der Waals surface area contributed by atoms with E-state index in [1.54, 1.807) is 57.2 Å². The topological polar surface area (TPSA) is 108 Å². The first kappa shape index (κ1) is 30.2. The van der Waals surface area contributed by atoms with Crippen LogP contribution in [0.3, 0.4) is 0 Å². The van der Waals surface area contributed by atoms with E-state index in [0.717, 1.165) is 5.56 Å². The Hall–Kier alpha value is -4.07. The monoisotopic (exact) mass is 521 g/mol. The van der Waals surface area contributed by atoms with Crippen LogP contribution in [0.1, 0.15) is 57.4 Å². The number of hydrogen-bond acceptors (Lipinski definition) is 5. The van der Waals surface area contributed by atoms with Crippen LogP contribution in [-0.2, 0) is 20.7 Å². The molecule has 204 valence electrons. The quantitative estimate of drug-likeness (QED) is 0.370. The van der Waals surface area contributed by atoms with Crippen LogP contribution in [0.2, 0.25) is 0 Å². The number of hydrogen-bond donors (Lipinski definition) is 3. The van der Waals surface area contributed by atoms with E-state index >= 15 is 0 Å². The maximum Gasteiger partial charge on any atom is 0.408 e. The molecule has 2 unspecified atom stereocenters. The van der Waals surface area contributed by atoms with E-state index in [1.807, 2.05) is 19.9 Å². The van der Waals surface area contributed by atoms with Crippen molar-refractivity contribution in [3.05, 3.63) is 84.5 Å². The molecule has 0 bridgehead atoms. The molecule has 2 atom stereocenters. The molecule has 0 saturated carbocycles. The first-order chi connectivity index (χ1) is 17.8. The van der Waals surface area contributed by atoms with Gasteiger partial charge in [-0.1, -0.05) is 49.1 Å². The number of ether oxygens (including phenoxy) is 1. The lowest BCUT2D eigenvalue weighted by Gasteiger charge is -2.34. The molecule has 0 fully saturated rings. The van der Waals surface area contributed by atoms with Crippen molar-refractivity contribution in [2.45, 2.75) is 64.8 Å². The molecule has 0 radical (unpaired) electrons. The van der Waals surface area contributed by atoms with Gasteiger partial charge >= 0.3 is 6.09 Å². The molecule has 3 N–H and O–H groups in total. The molecule has 0 aliphatic heterocycles. The first-order valence-electron chi connectivity index (χ1n) is 12.6. The average molecular weight is 522 g/mol. The molecular formula is C30H39N3O5. The number of phenols is 1. The van der Waals surface area contributed by atoms with Gasteiger partial charge in [0, 0.05) is 19.0 Å². The van der Waals surface area contributed by atoms with Crippen molar-refractivity contribution in [2.75, 3.05) is 6.54 Å². The van der Waals surface area contributed by atoms with Crippen molar-refractivity contribution < 1.29 is 24.2 Å². The maximum atomic E-state index is 14.1. The molecule has 2 aromatic rings. The van der Waals surface area contributed by atoms with Crippen molar-refractivity contribution in [3.63, 3.8) is 0 Å². The molecule has 0 spiro atoms. The SMILES string of the molecule is C=CCN(C(=O)C(Cc1ccc(O)cc1)NC(=O)OC(C)(C)C)C(C(=O)NC(C)C)c1cccc(C=C)c1. The van der Waals surface area contributed by atoms with Crippen LogP contribution in [0.25, 0.3) is 6.08 Å². The predicted octanol–water partition coefficient (Wildman–Crippen LogP) is 4.75.